The van der Waals surface area contributed by atoms with E-state index >= 15 is 0 Å². The van der Waals surface area contributed by atoms with Gasteiger partial charge in [-0.3, -0.25) is 9.79 Å². The summed E-state index contributed by atoms with van der Waals surface area (Å²) < 4.78 is 5.62. The molecule has 6 nitrogen and oxygen atoms in total. The molecule has 152 valence electrons. The molecular formula is C19H37IN4O2. The molecule has 0 aromatic rings. The van der Waals surface area contributed by atoms with Gasteiger partial charge in [-0.25, -0.2) is 0 Å². The normalized spacial score (nSPS) is 18.1. The van der Waals surface area contributed by atoms with Crippen LogP contribution in [0.5, 0.6) is 0 Å². The molecule has 0 bridgehead atoms. The van der Waals surface area contributed by atoms with Crippen LogP contribution in [0.1, 0.15) is 64.7 Å². The van der Waals surface area contributed by atoms with Gasteiger partial charge in [0, 0.05) is 45.3 Å². The molecule has 0 radical (unpaired) electrons. The Morgan fingerprint density at radius 1 is 1.12 bits per heavy atom. The summed E-state index contributed by atoms with van der Waals surface area (Å²) in [6, 6.07) is 0.388. The smallest absolute Gasteiger partial charge is 0.221 e. The number of aliphatic imine (C=N–C) groups is 1. The van der Waals surface area contributed by atoms with Gasteiger partial charge in [-0.15, -0.1) is 24.0 Å². The van der Waals surface area contributed by atoms with Crippen LogP contribution in [0.3, 0.4) is 0 Å². The summed E-state index contributed by atoms with van der Waals surface area (Å²) in [4.78, 5) is 16.6. The summed E-state index contributed by atoms with van der Waals surface area (Å²) in [7, 11) is 0. The Bertz CT molecular complexity index is 410. The molecule has 2 aliphatic carbocycles. The fourth-order valence-corrected chi connectivity index (χ4v) is 3.07. The van der Waals surface area contributed by atoms with Gasteiger partial charge < -0.3 is 20.7 Å². The molecule has 1 amide bonds. The molecule has 0 saturated heterocycles. The van der Waals surface area contributed by atoms with E-state index in [0.717, 1.165) is 57.4 Å². The number of halogens is 1. The van der Waals surface area contributed by atoms with Crippen molar-refractivity contribution in [1.29, 1.82) is 0 Å². The van der Waals surface area contributed by atoms with Crippen LogP contribution in [-0.2, 0) is 9.53 Å². The van der Waals surface area contributed by atoms with Crippen molar-refractivity contribution in [2.75, 3.05) is 32.8 Å². The predicted octanol–water partition coefficient (Wildman–Crippen LogP) is 2.82. The van der Waals surface area contributed by atoms with Crippen molar-refractivity contribution in [2.24, 2.45) is 10.9 Å². The molecule has 0 aromatic carbocycles. The number of ether oxygens (including phenoxy) is 1. The van der Waals surface area contributed by atoms with E-state index in [1.807, 2.05) is 6.92 Å². The van der Waals surface area contributed by atoms with E-state index in [1.54, 1.807) is 0 Å². The number of hydrogen-bond donors (Lipinski definition) is 3. The van der Waals surface area contributed by atoms with Crippen LogP contribution in [0, 0.1) is 5.92 Å². The summed E-state index contributed by atoms with van der Waals surface area (Å²) >= 11 is 0. The number of nitrogens with one attached hydrogen (secondary N) is 3. The Kier molecular flexibility index (Phi) is 13.1. The molecule has 0 spiro atoms. The van der Waals surface area contributed by atoms with E-state index in [-0.39, 0.29) is 29.9 Å². The second-order valence-corrected chi connectivity index (χ2v) is 7.21. The molecule has 26 heavy (non-hydrogen) atoms. The first-order valence-electron chi connectivity index (χ1n) is 10.2. The van der Waals surface area contributed by atoms with Crippen LogP contribution >= 0.6 is 24.0 Å². The molecule has 7 heteroatoms. The third-order valence-electron chi connectivity index (χ3n) is 4.73. The Morgan fingerprint density at radius 2 is 1.88 bits per heavy atom. The molecular weight excluding hydrogens is 443 g/mol. The number of carbonyl (C=O) groups is 1. The van der Waals surface area contributed by atoms with Crippen molar-refractivity contribution in [3.05, 3.63) is 0 Å². The van der Waals surface area contributed by atoms with Gasteiger partial charge in [0.25, 0.3) is 0 Å². The predicted molar refractivity (Wildman–Crippen MR) is 117 cm³/mol. The Labute approximate surface area is 175 Å². The molecule has 0 aliphatic heterocycles. The number of amides is 1. The molecule has 0 heterocycles. The first-order chi connectivity index (χ1) is 12.3. The van der Waals surface area contributed by atoms with Gasteiger partial charge in [-0.2, -0.15) is 0 Å². The van der Waals surface area contributed by atoms with Gasteiger partial charge in [0.05, 0.1) is 0 Å². The van der Waals surface area contributed by atoms with E-state index in [4.69, 9.17) is 4.74 Å². The van der Waals surface area contributed by atoms with Crippen LogP contribution < -0.4 is 16.0 Å². The average molecular weight is 480 g/mol. The number of rotatable bonds is 11. The summed E-state index contributed by atoms with van der Waals surface area (Å²) in [5, 5.41) is 9.62. The molecule has 2 rings (SSSR count). The highest BCUT2D eigenvalue weighted by Gasteiger charge is 2.20. The molecule has 2 fully saturated rings. The van der Waals surface area contributed by atoms with Crippen LogP contribution in [0.25, 0.3) is 0 Å². The van der Waals surface area contributed by atoms with Gasteiger partial charge in [0.2, 0.25) is 5.91 Å². The van der Waals surface area contributed by atoms with Crippen molar-refractivity contribution >= 4 is 35.8 Å². The second kappa shape index (κ2) is 14.5. The lowest BCUT2D eigenvalue weighted by Gasteiger charge is -2.22. The second-order valence-electron chi connectivity index (χ2n) is 7.21. The summed E-state index contributed by atoms with van der Waals surface area (Å²) in [5.41, 5.74) is 0. The van der Waals surface area contributed by atoms with Gasteiger partial charge in [-0.05, 0) is 44.9 Å². The zero-order valence-corrected chi connectivity index (χ0v) is 18.6. The van der Waals surface area contributed by atoms with Crippen molar-refractivity contribution < 1.29 is 9.53 Å². The van der Waals surface area contributed by atoms with Crippen LogP contribution in [-0.4, -0.2) is 50.8 Å². The molecule has 2 saturated carbocycles. The van der Waals surface area contributed by atoms with E-state index in [2.05, 4.69) is 20.9 Å². The average Bonchev–Trinajstić information content (AvgIpc) is 3.43. The Morgan fingerprint density at radius 3 is 2.58 bits per heavy atom. The Balaban J connectivity index is 0.00000338. The van der Waals surface area contributed by atoms with E-state index in [9.17, 15) is 4.79 Å². The van der Waals surface area contributed by atoms with Gasteiger partial charge in [0.1, 0.15) is 0 Å². The third kappa shape index (κ3) is 11.2. The molecule has 0 atom stereocenters. The zero-order chi connectivity index (χ0) is 17.7. The fourth-order valence-electron chi connectivity index (χ4n) is 3.07. The topological polar surface area (TPSA) is 74.8 Å². The van der Waals surface area contributed by atoms with Crippen molar-refractivity contribution in [3.8, 4) is 0 Å². The lowest BCUT2D eigenvalue weighted by Crippen LogP contribution is -2.41. The largest absolute Gasteiger partial charge is 0.381 e. The van der Waals surface area contributed by atoms with Crippen LogP contribution in [0.4, 0.5) is 0 Å². The Hall–Kier alpha value is -0.570. The van der Waals surface area contributed by atoms with E-state index < -0.39 is 0 Å². The number of carbonyl (C=O) groups excluding carboxylic acids is 1. The fraction of sp³-hybridized carbons (Fsp3) is 0.895. The van der Waals surface area contributed by atoms with Crippen molar-refractivity contribution in [1.82, 2.24) is 16.0 Å². The molecule has 0 aromatic heterocycles. The van der Waals surface area contributed by atoms with Gasteiger partial charge in [0.15, 0.2) is 5.96 Å². The standard InChI is InChI=1S/C19H36N4O2.HI/c1-2-20-19(21-12-6-14-25-15-16-9-10-16)22-13-11-18(24)23-17-7-4-3-5-8-17;/h16-17H,2-15H2,1H3,(H,23,24)(H2,20,21,22);1H. The summed E-state index contributed by atoms with van der Waals surface area (Å²) in [5.74, 6) is 1.75. The SMILES string of the molecule is CCNC(=NCCCOCC1CC1)NCCC(=O)NC1CCCCC1.I. The highest BCUT2D eigenvalue weighted by Crippen LogP contribution is 2.28. The highest BCUT2D eigenvalue weighted by atomic mass is 127. The minimum atomic E-state index is 0. The first kappa shape index (κ1) is 23.5. The zero-order valence-electron chi connectivity index (χ0n) is 16.2. The minimum Gasteiger partial charge on any atom is -0.381 e. The maximum absolute atomic E-state index is 12.0. The highest BCUT2D eigenvalue weighted by molar-refractivity contribution is 14.0. The molecule has 2 aliphatic rings. The summed E-state index contributed by atoms with van der Waals surface area (Å²) in [6.45, 7) is 5.92. The van der Waals surface area contributed by atoms with E-state index in [1.165, 1.54) is 32.1 Å². The van der Waals surface area contributed by atoms with E-state index in [0.29, 0.717) is 19.0 Å². The third-order valence-corrected chi connectivity index (χ3v) is 4.73. The molecule has 0 unspecified atom stereocenters. The maximum Gasteiger partial charge on any atom is 0.221 e. The lowest BCUT2D eigenvalue weighted by molar-refractivity contribution is -0.121. The quantitative estimate of drug-likeness (QED) is 0.184. The summed E-state index contributed by atoms with van der Waals surface area (Å²) in [6.07, 6.45) is 10.1. The number of hydrogen-bond acceptors (Lipinski definition) is 3. The lowest BCUT2D eigenvalue weighted by atomic mass is 9.95. The number of guanidine groups is 1. The first-order valence-corrected chi connectivity index (χ1v) is 10.2. The molecule has 3 N–H and O–H groups in total. The maximum atomic E-state index is 12.0. The monoisotopic (exact) mass is 480 g/mol. The van der Waals surface area contributed by atoms with Gasteiger partial charge >= 0.3 is 0 Å². The minimum absolute atomic E-state index is 0. The van der Waals surface area contributed by atoms with Gasteiger partial charge in [-0.1, -0.05) is 19.3 Å². The van der Waals surface area contributed by atoms with Crippen LogP contribution in [0.2, 0.25) is 0 Å². The van der Waals surface area contributed by atoms with Crippen LogP contribution in [0.15, 0.2) is 4.99 Å². The number of nitrogens with zero attached hydrogens (tertiary/aromatic N) is 1. The van der Waals surface area contributed by atoms with Crippen molar-refractivity contribution in [3.63, 3.8) is 0 Å². The van der Waals surface area contributed by atoms with Crippen molar-refractivity contribution in [2.45, 2.75) is 70.8 Å².